The first-order valence-electron chi connectivity index (χ1n) is 10.0. The van der Waals surface area contributed by atoms with Gasteiger partial charge in [0.25, 0.3) is 0 Å². The standard InChI is InChI=1S/C26H16Cl2N2O2S/c27-18-12-17(13-19(28)14-18)24-10-8-20(32-24)9-11-25(31)30-26-29-23(15-33-26)22-7-3-5-16-4-1-2-6-21(16)22/h1-15H,(H,29,30,31)/b11-9+. The molecule has 0 radical (unpaired) electrons. The second-order valence-corrected chi connectivity index (χ2v) is 8.98. The van der Waals surface area contributed by atoms with Crippen LogP contribution in [0.2, 0.25) is 10.0 Å². The molecule has 0 unspecified atom stereocenters. The van der Waals surface area contributed by atoms with Crippen molar-refractivity contribution in [1.82, 2.24) is 4.98 Å². The van der Waals surface area contributed by atoms with Crippen LogP contribution in [0.1, 0.15) is 5.76 Å². The molecule has 2 aromatic heterocycles. The van der Waals surface area contributed by atoms with E-state index in [9.17, 15) is 4.79 Å². The highest BCUT2D eigenvalue weighted by Crippen LogP contribution is 2.31. The van der Waals surface area contributed by atoms with Crippen LogP contribution in [0.5, 0.6) is 0 Å². The molecule has 0 aliphatic rings. The molecular formula is C26H16Cl2N2O2S. The van der Waals surface area contributed by atoms with E-state index in [0.717, 1.165) is 27.6 Å². The molecule has 5 rings (SSSR count). The summed E-state index contributed by atoms with van der Waals surface area (Å²) in [6, 6.07) is 23.0. The summed E-state index contributed by atoms with van der Waals surface area (Å²) in [4.78, 5) is 17.0. The predicted octanol–water partition coefficient (Wildman–Crippen LogP) is 8.18. The molecule has 1 N–H and O–H groups in total. The van der Waals surface area contributed by atoms with E-state index < -0.39 is 0 Å². The number of aromatic nitrogens is 1. The van der Waals surface area contributed by atoms with E-state index in [4.69, 9.17) is 27.6 Å². The Hall–Kier alpha value is -3.38. The summed E-state index contributed by atoms with van der Waals surface area (Å²) in [5, 5.41) is 8.60. The molecule has 0 fully saturated rings. The van der Waals surface area contributed by atoms with Gasteiger partial charge in [0.2, 0.25) is 5.91 Å². The quantitative estimate of drug-likeness (QED) is 0.252. The summed E-state index contributed by atoms with van der Waals surface area (Å²) in [5.74, 6) is 0.850. The summed E-state index contributed by atoms with van der Waals surface area (Å²) in [7, 11) is 0. The number of furan rings is 1. The minimum atomic E-state index is -0.294. The molecule has 0 saturated carbocycles. The molecule has 162 valence electrons. The molecule has 0 spiro atoms. The van der Waals surface area contributed by atoms with Crippen molar-refractivity contribution in [2.45, 2.75) is 0 Å². The third-order valence-electron chi connectivity index (χ3n) is 4.97. The van der Waals surface area contributed by atoms with Crippen molar-refractivity contribution in [3.8, 4) is 22.6 Å². The van der Waals surface area contributed by atoms with Gasteiger partial charge in [0, 0.05) is 32.6 Å². The van der Waals surface area contributed by atoms with E-state index in [1.54, 1.807) is 36.4 Å². The van der Waals surface area contributed by atoms with Gasteiger partial charge < -0.3 is 4.42 Å². The van der Waals surface area contributed by atoms with E-state index in [1.807, 2.05) is 29.6 Å². The maximum Gasteiger partial charge on any atom is 0.250 e. The molecule has 7 heteroatoms. The Bertz CT molecular complexity index is 1480. The molecule has 3 aromatic carbocycles. The molecule has 5 aromatic rings. The molecule has 0 bridgehead atoms. The fourth-order valence-electron chi connectivity index (χ4n) is 3.50. The average molecular weight is 491 g/mol. The highest BCUT2D eigenvalue weighted by Gasteiger charge is 2.10. The van der Waals surface area contributed by atoms with Gasteiger partial charge in [0.1, 0.15) is 11.5 Å². The number of nitrogens with one attached hydrogen (secondary N) is 1. The van der Waals surface area contributed by atoms with Gasteiger partial charge in [-0.2, -0.15) is 0 Å². The summed E-state index contributed by atoms with van der Waals surface area (Å²) in [6.45, 7) is 0. The highest BCUT2D eigenvalue weighted by molar-refractivity contribution is 7.14. The molecule has 0 aliphatic carbocycles. The molecule has 0 atom stereocenters. The summed E-state index contributed by atoms with van der Waals surface area (Å²) < 4.78 is 5.79. The van der Waals surface area contributed by atoms with Crippen molar-refractivity contribution in [3.63, 3.8) is 0 Å². The van der Waals surface area contributed by atoms with Crippen LogP contribution in [0.3, 0.4) is 0 Å². The first-order chi connectivity index (χ1) is 16.0. The third kappa shape index (κ3) is 4.86. The van der Waals surface area contributed by atoms with Crippen LogP contribution in [0.15, 0.2) is 88.7 Å². The van der Waals surface area contributed by atoms with Gasteiger partial charge in [-0.15, -0.1) is 11.3 Å². The number of anilines is 1. The van der Waals surface area contributed by atoms with Gasteiger partial charge >= 0.3 is 0 Å². The second-order valence-electron chi connectivity index (χ2n) is 7.25. The average Bonchev–Trinajstić information content (AvgIpc) is 3.46. The molecule has 2 heterocycles. The van der Waals surface area contributed by atoms with Crippen LogP contribution >= 0.6 is 34.5 Å². The zero-order chi connectivity index (χ0) is 22.8. The number of amides is 1. The molecule has 0 saturated heterocycles. The molecule has 4 nitrogen and oxygen atoms in total. The van der Waals surface area contributed by atoms with Crippen LogP contribution < -0.4 is 5.32 Å². The maximum absolute atomic E-state index is 12.4. The van der Waals surface area contributed by atoms with Crippen molar-refractivity contribution < 1.29 is 9.21 Å². The lowest BCUT2D eigenvalue weighted by atomic mass is 10.0. The number of rotatable bonds is 5. The van der Waals surface area contributed by atoms with E-state index in [2.05, 4.69) is 28.5 Å². The van der Waals surface area contributed by atoms with Crippen LogP contribution in [-0.4, -0.2) is 10.9 Å². The van der Waals surface area contributed by atoms with Crippen molar-refractivity contribution in [2.75, 3.05) is 5.32 Å². The Morgan fingerprint density at radius 3 is 2.61 bits per heavy atom. The van der Waals surface area contributed by atoms with E-state index in [1.165, 1.54) is 17.4 Å². The van der Waals surface area contributed by atoms with Gasteiger partial charge in [0.15, 0.2) is 5.13 Å². The number of nitrogens with zero attached hydrogens (tertiary/aromatic N) is 1. The second kappa shape index (κ2) is 9.24. The fourth-order valence-corrected chi connectivity index (χ4v) is 4.74. The fraction of sp³-hybridized carbons (Fsp3) is 0. The van der Waals surface area contributed by atoms with Gasteiger partial charge in [-0.25, -0.2) is 4.98 Å². The van der Waals surface area contributed by atoms with E-state index >= 15 is 0 Å². The van der Waals surface area contributed by atoms with Crippen LogP contribution in [0.4, 0.5) is 5.13 Å². The van der Waals surface area contributed by atoms with Crippen molar-refractivity contribution in [1.29, 1.82) is 0 Å². The first-order valence-corrected chi connectivity index (χ1v) is 11.7. The third-order valence-corrected chi connectivity index (χ3v) is 6.17. The predicted molar refractivity (Wildman–Crippen MR) is 137 cm³/mol. The van der Waals surface area contributed by atoms with Gasteiger partial charge in [-0.1, -0.05) is 65.7 Å². The normalized spacial score (nSPS) is 11.3. The zero-order valence-corrected chi connectivity index (χ0v) is 19.4. The van der Waals surface area contributed by atoms with Crippen LogP contribution in [0.25, 0.3) is 39.4 Å². The SMILES string of the molecule is O=C(/C=C/c1ccc(-c2cc(Cl)cc(Cl)c2)o1)Nc1nc(-c2cccc3ccccc23)cs1. The molecule has 0 aliphatic heterocycles. The zero-order valence-electron chi connectivity index (χ0n) is 17.1. The summed E-state index contributed by atoms with van der Waals surface area (Å²) >= 11 is 13.5. The van der Waals surface area contributed by atoms with Gasteiger partial charge in [0.05, 0.1) is 5.69 Å². The Morgan fingerprint density at radius 2 is 1.76 bits per heavy atom. The number of fused-ring (bicyclic) bond motifs is 1. The van der Waals surface area contributed by atoms with Crippen molar-refractivity contribution >= 4 is 62.4 Å². The van der Waals surface area contributed by atoms with E-state index in [-0.39, 0.29) is 5.91 Å². The monoisotopic (exact) mass is 490 g/mol. The number of thiazole rings is 1. The minimum Gasteiger partial charge on any atom is -0.457 e. The number of carbonyl (C=O) groups is 1. The molecule has 33 heavy (non-hydrogen) atoms. The van der Waals surface area contributed by atoms with E-state index in [0.29, 0.717) is 26.7 Å². The number of halogens is 2. The Kier molecular flexibility index (Phi) is 6.01. The van der Waals surface area contributed by atoms with Gasteiger partial charge in [-0.3, -0.25) is 10.1 Å². The smallest absolute Gasteiger partial charge is 0.250 e. The van der Waals surface area contributed by atoms with Crippen molar-refractivity contribution in [2.24, 2.45) is 0 Å². The Balaban J connectivity index is 1.28. The number of benzene rings is 3. The van der Waals surface area contributed by atoms with Crippen LogP contribution in [0, 0.1) is 0 Å². The lowest BCUT2D eigenvalue weighted by Gasteiger charge is -2.03. The number of hydrogen-bond donors (Lipinski definition) is 1. The summed E-state index contributed by atoms with van der Waals surface area (Å²) in [5.41, 5.74) is 2.62. The maximum atomic E-state index is 12.4. The minimum absolute atomic E-state index is 0.294. The topological polar surface area (TPSA) is 55.1 Å². The number of carbonyl (C=O) groups excluding carboxylic acids is 1. The molecular weight excluding hydrogens is 475 g/mol. The van der Waals surface area contributed by atoms with Gasteiger partial charge in [-0.05, 0) is 47.2 Å². The Labute approximate surface area is 204 Å². The largest absolute Gasteiger partial charge is 0.457 e. The van der Waals surface area contributed by atoms with Crippen molar-refractivity contribution in [3.05, 3.63) is 100 Å². The molecule has 1 amide bonds. The lowest BCUT2D eigenvalue weighted by molar-refractivity contribution is -0.111. The lowest BCUT2D eigenvalue weighted by Crippen LogP contribution is -2.07. The highest BCUT2D eigenvalue weighted by atomic mass is 35.5. The Morgan fingerprint density at radius 1 is 0.970 bits per heavy atom. The summed E-state index contributed by atoms with van der Waals surface area (Å²) in [6.07, 6.45) is 3.01. The number of hydrogen-bond acceptors (Lipinski definition) is 4. The van der Waals surface area contributed by atoms with Crippen LogP contribution in [-0.2, 0) is 4.79 Å². The first kappa shape index (κ1) is 21.5.